The van der Waals surface area contributed by atoms with Gasteiger partial charge in [-0.2, -0.15) is 0 Å². The quantitative estimate of drug-likeness (QED) is 0.699. The van der Waals surface area contributed by atoms with E-state index in [2.05, 4.69) is 20.5 Å². The van der Waals surface area contributed by atoms with E-state index in [1.54, 1.807) is 12.4 Å². The number of aromatic nitrogens is 3. The second-order valence-electron chi connectivity index (χ2n) is 4.08. The van der Waals surface area contributed by atoms with Crippen molar-refractivity contribution in [3.63, 3.8) is 0 Å². The molecule has 0 fully saturated rings. The van der Waals surface area contributed by atoms with Gasteiger partial charge in [-0.3, -0.25) is 9.78 Å². The lowest BCUT2D eigenvalue weighted by molar-refractivity contribution is -0.133. The molecule has 3 aromatic rings. The minimum atomic E-state index is -0.869. The van der Waals surface area contributed by atoms with E-state index in [1.165, 1.54) is 11.3 Å². The van der Waals surface area contributed by atoms with Crippen molar-refractivity contribution < 1.29 is 9.90 Å². The minimum absolute atomic E-state index is 0.0193. The Morgan fingerprint density at radius 1 is 1.33 bits per heavy atom. The number of thioether (sulfide) groups is 1. The molecule has 0 saturated carbocycles. The van der Waals surface area contributed by atoms with Crippen molar-refractivity contribution in [2.45, 2.75) is 4.34 Å². The maximum Gasteiger partial charge on any atom is 0.313 e. The predicted octanol–water partition coefficient (Wildman–Crippen LogP) is 3.01. The van der Waals surface area contributed by atoms with Crippen LogP contribution in [0, 0.1) is 0 Å². The molecule has 0 amide bonds. The molecule has 8 heteroatoms. The van der Waals surface area contributed by atoms with E-state index in [-0.39, 0.29) is 5.75 Å². The number of anilines is 2. The van der Waals surface area contributed by atoms with Gasteiger partial charge in [0.25, 0.3) is 0 Å². The van der Waals surface area contributed by atoms with Crippen molar-refractivity contribution in [1.82, 2.24) is 15.2 Å². The van der Waals surface area contributed by atoms with E-state index in [4.69, 9.17) is 5.11 Å². The van der Waals surface area contributed by atoms with Crippen LogP contribution in [0.15, 0.2) is 41.0 Å². The third kappa shape index (κ3) is 3.29. The van der Waals surface area contributed by atoms with Crippen LogP contribution in [-0.2, 0) is 4.79 Å². The molecule has 0 radical (unpaired) electrons. The Bertz CT molecular complexity index is 785. The minimum Gasteiger partial charge on any atom is -0.481 e. The highest BCUT2D eigenvalue weighted by Gasteiger charge is 2.08. The molecule has 21 heavy (non-hydrogen) atoms. The van der Waals surface area contributed by atoms with Gasteiger partial charge >= 0.3 is 5.97 Å². The Balaban J connectivity index is 1.81. The number of hydrogen-bond donors (Lipinski definition) is 2. The number of aliphatic carboxylic acids is 1. The van der Waals surface area contributed by atoms with Crippen LogP contribution in [0.1, 0.15) is 0 Å². The lowest BCUT2D eigenvalue weighted by Crippen LogP contribution is -1.96. The van der Waals surface area contributed by atoms with Gasteiger partial charge < -0.3 is 10.4 Å². The van der Waals surface area contributed by atoms with Crippen LogP contribution in [0.2, 0.25) is 0 Å². The normalized spacial score (nSPS) is 10.7. The number of pyridine rings is 1. The summed E-state index contributed by atoms with van der Waals surface area (Å²) < 4.78 is 0.627. The van der Waals surface area contributed by atoms with Crippen molar-refractivity contribution in [2.75, 3.05) is 11.1 Å². The summed E-state index contributed by atoms with van der Waals surface area (Å²) in [6.07, 6.45) is 3.54. The Morgan fingerprint density at radius 3 is 3.10 bits per heavy atom. The first-order valence-corrected chi connectivity index (χ1v) is 7.80. The number of carbonyl (C=O) groups is 1. The molecule has 6 nitrogen and oxygen atoms in total. The molecular formula is C13H10N4O2S2. The molecule has 2 heterocycles. The molecule has 0 spiro atoms. The number of nitrogens with zero attached hydrogens (tertiary/aromatic N) is 3. The molecule has 0 aliphatic rings. The third-order valence-corrected chi connectivity index (χ3v) is 4.60. The molecule has 3 rings (SSSR count). The Labute approximate surface area is 128 Å². The van der Waals surface area contributed by atoms with Gasteiger partial charge in [0, 0.05) is 28.9 Å². The number of carboxylic acids is 1. The van der Waals surface area contributed by atoms with E-state index in [0.29, 0.717) is 9.47 Å². The first-order valence-electron chi connectivity index (χ1n) is 6.00. The van der Waals surface area contributed by atoms with E-state index >= 15 is 0 Å². The van der Waals surface area contributed by atoms with Gasteiger partial charge in [0.05, 0.1) is 5.75 Å². The molecule has 106 valence electrons. The summed E-state index contributed by atoms with van der Waals surface area (Å²) in [5, 5.41) is 22.6. The van der Waals surface area contributed by atoms with Gasteiger partial charge in [-0.05, 0) is 12.1 Å². The van der Waals surface area contributed by atoms with Crippen LogP contribution >= 0.6 is 23.1 Å². The predicted molar refractivity (Wildman–Crippen MR) is 83.3 cm³/mol. The van der Waals surface area contributed by atoms with Gasteiger partial charge in [-0.15, -0.1) is 10.2 Å². The summed E-state index contributed by atoms with van der Waals surface area (Å²) in [7, 11) is 0. The van der Waals surface area contributed by atoms with Crippen LogP contribution in [0.25, 0.3) is 10.8 Å². The topological polar surface area (TPSA) is 88.0 Å². The lowest BCUT2D eigenvalue weighted by atomic mass is 10.1. The maximum absolute atomic E-state index is 10.5. The number of benzene rings is 1. The highest BCUT2D eigenvalue weighted by Crippen LogP contribution is 2.30. The summed E-state index contributed by atoms with van der Waals surface area (Å²) in [6.45, 7) is 0. The molecule has 2 aromatic heterocycles. The zero-order valence-electron chi connectivity index (χ0n) is 10.7. The Morgan fingerprint density at radius 2 is 2.24 bits per heavy atom. The highest BCUT2D eigenvalue weighted by atomic mass is 32.2. The highest BCUT2D eigenvalue weighted by molar-refractivity contribution is 8.01. The number of rotatable bonds is 5. The number of fused-ring (bicyclic) bond motifs is 1. The largest absolute Gasteiger partial charge is 0.481 e. The first-order chi connectivity index (χ1) is 10.2. The number of carboxylic acid groups (broad SMARTS) is 1. The fourth-order valence-corrected chi connectivity index (χ4v) is 3.27. The average molecular weight is 318 g/mol. The fourth-order valence-electron chi connectivity index (χ4n) is 1.79. The first kappa shape index (κ1) is 13.8. The maximum atomic E-state index is 10.5. The van der Waals surface area contributed by atoms with Crippen molar-refractivity contribution in [3.05, 3.63) is 36.7 Å². The molecule has 0 bridgehead atoms. The standard InChI is InChI=1S/C13H10N4O2S2/c18-11(19)7-20-13-17-16-12(21-13)15-10-3-1-2-8-6-14-5-4-9(8)10/h1-6H,7H2,(H,15,16)(H,18,19). The van der Waals surface area contributed by atoms with Gasteiger partial charge in [0.2, 0.25) is 5.13 Å². The number of nitrogens with one attached hydrogen (secondary N) is 1. The van der Waals surface area contributed by atoms with Gasteiger partial charge in [0.15, 0.2) is 4.34 Å². The molecule has 1 aromatic carbocycles. The number of hydrogen-bond acceptors (Lipinski definition) is 7. The fraction of sp³-hybridized carbons (Fsp3) is 0.0769. The van der Waals surface area contributed by atoms with Gasteiger partial charge in [-0.1, -0.05) is 35.2 Å². The molecule has 2 N–H and O–H groups in total. The van der Waals surface area contributed by atoms with Crippen LogP contribution in [0.5, 0.6) is 0 Å². The second-order valence-corrected chi connectivity index (χ2v) is 6.28. The second kappa shape index (κ2) is 6.06. The van der Waals surface area contributed by atoms with E-state index in [0.717, 1.165) is 28.2 Å². The van der Waals surface area contributed by atoms with Crippen molar-refractivity contribution >= 4 is 50.7 Å². The summed E-state index contributed by atoms with van der Waals surface area (Å²) in [5.74, 6) is -0.888. The van der Waals surface area contributed by atoms with Crippen LogP contribution in [0.3, 0.4) is 0 Å². The zero-order valence-corrected chi connectivity index (χ0v) is 12.3. The van der Waals surface area contributed by atoms with E-state index in [9.17, 15) is 4.79 Å². The van der Waals surface area contributed by atoms with Crippen LogP contribution in [0.4, 0.5) is 10.8 Å². The van der Waals surface area contributed by atoms with Crippen LogP contribution in [-0.4, -0.2) is 32.0 Å². The molecule has 0 saturated heterocycles. The Hall–Kier alpha value is -2.19. The molecule has 0 aliphatic carbocycles. The van der Waals surface area contributed by atoms with Gasteiger partial charge in [0.1, 0.15) is 0 Å². The van der Waals surface area contributed by atoms with Gasteiger partial charge in [-0.25, -0.2) is 0 Å². The van der Waals surface area contributed by atoms with Crippen molar-refractivity contribution in [2.24, 2.45) is 0 Å². The van der Waals surface area contributed by atoms with E-state index in [1.807, 2.05) is 24.3 Å². The molecular weight excluding hydrogens is 308 g/mol. The summed E-state index contributed by atoms with van der Waals surface area (Å²) in [4.78, 5) is 14.6. The van der Waals surface area contributed by atoms with E-state index < -0.39 is 5.97 Å². The third-order valence-electron chi connectivity index (χ3n) is 2.65. The molecule has 0 aliphatic heterocycles. The van der Waals surface area contributed by atoms with Crippen molar-refractivity contribution in [3.8, 4) is 0 Å². The zero-order chi connectivity index (χ0) is 14.7. The monoisotopic (exact) mass is 318 g/mol. The Kier molecular flexibility index (Phi) is 3.98. The summed E-state index contributed by atoms with van der Waals surface area (Å²) in [6, 6.07) is 7.81. The summed E-state index contributed by atoms with van der Waals surface area (Å²) in [5.41, 5.74) is 0.917. The van der Waals surface area contributed by atoms with Crippen molar-refractivity contribution in [1.29, 1.82) is 0 Å². The van der Waals surface area contributed by atoms with Crippen LogP contribution < -0.4 is 5.32 Å². The smallest absolute Gasteiger partial charge is 0.313 e. The molecule has 0 atom stereocenters. The summed E-state index contributed by atoms with van der Waals surface area (Å²) >= 11 is 2.49. The lowest BCUT2D eigenvalue weighted by Gasteiger charge is -2.05. The average Bonchev–Trinajstić information content (AvgIpc) is 2.93. The molecule has 0 unspecified atom stereocenters. The SMILES string of the molecule is O=C(O)CSc1nnc(Nc2cccc3cnccc23)s1.